The number of esters is 1. The third-order valence-electron chi connectivity index (χ3n) is 6.93. The van der Waals surface area contributed by atoms with Crippen LogP contribution in [0.25, 0.3) is 0 Å². The van der Waals surface area contributed by atoms with Gasteiger partial charge in [0.1, 0.15) is 28.7 Å². The second-order valence-corrected chi connectivity index (χ2v) is 12.6. The van der Waals surface area contributed by atoms with E-state index < -0.39 is 34.8 Å². The zero-order valence-electron chi connectivity index (χ0n) is 24.7. The summed E-state index contributed by atoms with van der Waals surface area (Å²) in [6.07, 6.45) is 0.260. The molecule has 0 radical (unpaired) electrons. The number of hydrogen-bond acceptors (Lipinski definition) is 7. The highest BCUT2D eigenvalue weighted by Crippen LogP contribution is 2.40. The number of fused-ring (bicyclic) bond motifs is 1. The number of nitrogens with zero attached hydrogens (tertiary/aromatic N) is 3. The smallest absolute Gasteiger partial charge is 0.410 e. The molecule has 2 aliphatic rings. The molecule has 0 spiro atoms. The number of amides is 2. The Morgan fingerprint density at radius 2 is 1.61 bits per heavy atom. The van der Waals surface area contributed by atoms with Crippen LogP contribution in [0.15, 0.2) is 36.4 Å². The van der Waals surface area contributed by atoms with Crippen molar-refractivity contribution >= 4 is 29.3 Å². The molecule has 0 bridgehead atoms. The van der Waals surface area contributed by atoms with Crippen LogP contribution in [0.4, 0.5) is 20.6 Å². The van der Waals surface area contributed by atoms with Gasteiger partial charge >= 0.3 is 12.1 Å². The van der Waals surface area contributed by atoms with E-state index in [1.807, 2.05) is 31.7 Å². The molecule has 41 heavy (non-hydrogen) atoms. The van der Waals surface area contributed by atoms with Crippen LogP contribution in [0.5, 0.6) is 5.75 Å². The quantitative estimate of drug-likeness (QED) is 0.408. The third kappa shape index (κ3) is 7.48. The fourth-order valence-corrected chi connectivity index (χ4v) is 5.07. The number of hydrogen-bond donors (Lipinski definition) is 1. The van der Waals surface area contributed by atoms with E-state index in [0.29, 0.717) is 49.5 Å². The number of phenols is 1. The van der Waals surface area contributed by atoms with Crippen LogP contribution in [-0.2, 0) is 32.0 Å². The van der Waals surface area contributed by atoms with Gasteiger partial charge in [-0.2, -0.15) is 0 Å². The lowest BCUT2D eigenvalue weighted by Crippen LogP contribution is -2.50. The van der Waals surface area contributed by atoms with Gasteiger partial charge in [-0.15, -0.1) is 0 Å². The summed E-state index contributed by atoms with van der Waals surface area (Å²) in [6, 6.07) is 9.33. The van der Waals surface area contributed by atoms with E-state index in [1.165, 1.54) is 17.0 Å². The minimum Gasteiger partial charge on any atom is -0.506 e. The number of aryl methyl sites for hydroxylation is 1. The van der Waals surface area contributed by atoms with Gasteiger partial charge < -0.3 is 29.3 Å². The number of carbonyl (C=O) groups is 3. The van der Waals surface area contributed by atoms with Crippen LogP contribution in [-0.4, -0.2) is 65.4 Å². The molecular weight excluding hydrogens is 529 g/mol. The highest BCUT2D eigenvalue weighted by atomic mass is 19.1. The van der Waals surface area contributed by atoms with Gasteiger partial charge in [0.15, 0.2) is 0 Å². The number of aromatic hydroxyl groups is 1. The first-order chi connectivity index (χ1) is 19.1. The molecule has 0 saturated carbocycles. The number of halogens is 1. The van der Waals surface area contributed by atoms with Gasteiger partial charge in [0.25, 0.3) is 0 Å². The molecule has 2 heterocycles. The summed E-state index contributed by atoms with van der Waals surface area (Å²) in [5.41, 5.74) is 1.03. The molecule has 1 atom stereocenters. The number of rotatable bonds is 4. The summed E-state index contributed by atoms with van der Waals surface area (Å²) in [5.74, 6) is -2.57. The Kier molecular flexibility index (Phi) is 8.52. The molecular formula is C31H40FN3O6. The molecule has 10 heteroatoms. The third-order valence-corrected chi connectivity index (χ3v) is 6.93. The van der Waals surface area contributed by atoms with E-state index in [-0.39, 0.29) is 24.8 Å². The molecule has 1 saturated heterocycles. The molecule has 4 rings (SSSR count). The van der Waals surface area contributed by atoms with Gasteiger partial charge in [-0.25, -0.2) is 9.18 Å². The summed E-state index contributed by atoms with van der Waals surface area (Å²) in [5, 5.41) is 11.1. The van der Waals surface area contributed by atoms with Crippen molar-refractivity contribution in [2.45, 2.75) is 72.1 Å². The Morgan fingerprint density at radius 3 is 2.22 bits per heavy atom. The highest BCUT2D eigenvalue weighted by Gasteiger charge is 2.38. The lowest BCUT2D eigenvalue weighted by Gasteiger charge is -2.37. The van der Waals surface area contributed by atoms with E-state index in [4.69, 9.17) is 9.47 Å². The molecule has 1 unspecified atom stereocenters. The molecule has 2 aromatic rings. The number of ether oxygens (including phenoxy) is 2. The normalized spacial score (nSPS) is 18.1. The molecule has 2 aliphatic heterocycles. The molecule has 0 aliphatic carbocycles. The summed E-state index contributed by atoms with van der Waals surface area (Å²) < 4.78 is 25.1. The standard InChI is InChI=1S/C31H40FN3O6/c1-30(2,3)40-28(38)23-11-10-21-17-25(33-12-14-34(15-13-33)29(39)41-31(4,5)6)26(36)18-24(21)35(27(23)37)19-20-8-7-9-22(32)16-20/h7-9,16-18,23,36H,10-15,19H2,1-6H3. The van der Waals surface area contributed by atoms with Crippen LogP contribution in [0.3, 0.4) is 0 Å². The fraction of sp³-hybridized carbons (Fsp3) is 0.516. The van der Waals surface area contributed by atoms with Gasteiger partial charge in [0.2, 0.25) is 5.91 Å². The Balaban J connectivity index is 1.62. The Hall–Kier alpha value is -3.82. The topological polar surface area (TPSA) is 99.6 Å². The van der Waals surface area contributed by atoms with E-state index >= 15 is 0 Å². The molecule has 222 valence electrons. The number of piperazine rings is 1. The van der Waals surface area contributed by atoms with Crippen LogP contribution < -0.4 is 9.80 Å². The van der Waals surface area contributed by atoms with Crippen molar-refractivity contribution in [1.29, 1.82) is 0 Å². The molecule has 2 amide bonds. The molecule has 2 aromatic carbocycles. The van der Waals surface area contributed by atoms with Crippen molar-refractivity contribution in [3.63, 3.8) is 0 Å². The average Bonchev–Trinajstić information content (AvgIpc) is 2.98. The van der Waals surface area contributed by atoms with Gasteiger partial charge in [-0.3, -0.25) is 9.59 Å². The number of anilines is 2. The Morgan fingerprint density at radius 1 is 0.951 bits per heavy atom. The first-order valence-electron chi connectivity index (χ1n) is 14.0. The number of carbonyl (C=O) groups excluding carboxylic acids is 3. The van der Waals surface area contributed by atoms with Crippen molar-refractivity contribution in [2.75, 3.05) is 36.0 Å². The minimum absolute atomic E-state index is 0.0240. The second kappa shape index (κ2) is 11.6. The van der Waals surface area contributed by atoms with E-state index in [1.54, 1.807) is 43.9 Å². The summed E-state index contributed by atoms with van der Waals surface area (Å²) in [4.78, 5) is 44.5. The Bertz CT molecular complexity index is 1310. The van der Waals surface area contributed by atoms with Crippen LogP contribution in [0.2, 0.25) is 0 Å². The molecule has 0 aromatic heterocycles. The monoisotopic (exact) mass is 569 g/mol. The van der Waals surface area contributed by atoms with Crippen molar-refractivity contribution in [2.24, 2.45) is 5.92 Å². The second-order valence-electron chi connectivity index (χ2n) is 12.6. The zero-order valence-corrected chi connectivity index (χ0v) is 24.7. The maximum Gasteiger partial charge on any atom is 0.410 e. The van der Waals surface area contributed by atoms with Crippen LogP contribution >= 0.6 is 0 Å². The van der Waals surface area contributed by atoms with Crippen molar-refractivity contribution in [3.8, 4) is 5.75 Å². The molecule has 9 nitrogen and oxygen atoms in total. The largest absolute Gasteiger partial charge is 0.506 e. The SMILES string of the molecule is CC(C)(C)OC(=O)C1CCc2cc(N3CCN(C(=O)OC(C)(C)C)CC3)c(O)cc2N(Cc2cccc(F)c2)C1=O. The first kappa shape index (κ1) is 30.1. The van der Waals surface area contributed by atoms with Gasteiger partial charge in [-0.1, -0.05) is 12.1 Å². The highest BCUT2D eigenvalue weighted by molar-refractivity contribution is 6.07. The van der Waals surface area contributed by atoms with Crippen molar-refractivity contribution in [3.05, 3.63) is 53.3 Å². The Labute approximate surface area is 240 Å². The van der Waals surface area contributed by atoms with E-state index in [0.717, 1.165) is 5.56 Å². The van der Waals surface area contributed by atoms with Gasteiger partial charge in [0.05, 0.1) is 17.9 Å². The van der Waals surface area contributed by atoms with Crippen molar-refractivity contribution in [1.82, 2.24) is 4.90 Å². The summed E-state index contributed by atoms with van der Waals surface area (Å²) in [6.45, 7) is 12.6. The average molecular weight is 570 g/mol. The van der Waals surface area contributed by atoms with E-state index in [2.05, 4.69) is 0 Å². The molecule has 1 fully saturated rings. The zero-order chi connectivity index (χ0) is 30.1. The predicted molar refractivity (Wildman–Crippen MR) is 153 cm³/mol. The van der Waals surface area contributed by atoms with Gasteiger partial charge in [-0.05, 0) is 83.7 Å². The van der Waals surface area contributed by atoms with E-state index in [9.17, 15) is 23.9 Å². The fourth-order valence-electron chi connectivity index (χ4n) is 5.07. The number of benzene rings is 2. The number of phenolic OH excluding ortho intramolecular Hbond substituents is 1. The predicted octanol–water partition coefficient (Wildman–Crippen LogP) is 5.03. The summed E-state index contributed by atoms with van der Waals surface area (Å²) in [7, 11) is 0. The maximum atomic E-state index is 14.0. The lowest BCUT2D eigenvalue weighted by atomic mass is 9.99. The maximum absolute atomic E-state index is 14.0. The lowest BCUT2D eigenvalue weighted by molar-refractivity contribution is -0.162. The minimum atomic E-state index is -1.04. The molecule has 1 N–H and O–H groups in total. The van der Waals surface area contributed by atoms with Crippen LogP contribution in [0, 0.1) is 11.7 Å². The van der Waals surface area contributed by atoms with Gasteiger partial charge in [0, 0.05) is 32.2 Å². The van der Waals surface area contributed by atoms with Crippen molar-refractivity contribution < 1.29 is 33.4 Å². The van der Waals surface area contributed by atoms with Crippen LogP contribution in [0.1, 0.15) is 59.1 Å². The summed E-state index contributed by atoms with van der Waals surface area (Å²) >= 11 is 0. The first-order valence-corrected chi connectivity index (χ1v) is 14.0.